The molecule has 0 saturated heterocycles. The zero-order valence-electron chi connectivity index (χ0n) is 19.8. The number of hydrogen-bond acceptors (Lipinski definition) is 8. The number of rotatable bonds is 5. The molecule has 0 saturated carbocycles. The van der Waals surface area contributed by atoms with Crippen LogP contribution in [0, 0.1) is 6.92 Å². The zero-order valence-corrected chi connectivity index (χ0v) is 20.7. The van der Waals surface area contributed by atoms with Crippen molar-refractivity contribution in [3.05, 3.63) is 88.6 Å². The maximum atomic E-state index is 13.0. The SMILES string of the molecule is C=C(C(=O)Nc1nncs1)C1c2ccc(C)nc2Oc2nc(-c3ccc(C(=O)N(C)C)cc3)ccc21. The van der Waals surface area contributed by atoms with Gasteiger partial charge in [-0.2, -0.15) is 0 Å². The summed E-state index contributed by atoms with van der Waals surface area (Å²) >= 11 is 1.22. The Kier molecular flexibility index (Phi) is 6.03. The van der Waals surface area contributed by atoms with Crippen molar-refractivity contribution >= 4 is 28.3 Å². The highest BCUT2D eigenvalue weighted by Gasteiger charge is 2.34. The number of nitrogens with zero attached hydrogens (tertiary/aromatic N) is 5. The molecule has 0 fully saturated rings. The van der Waals surface area contributed by atoms with Gasteiger partial charge in [-0.05, 0) is 31.2 Å². The second-order valence-corrected chi connectivity index (χ2v) is 9.31. The van der Waals surface area contributed by atoms with Crippen LogP contribution in [0.4, 0.5) is 5.13 Å². The minimum atomic E-state index is -0.508. The number of pyridine rings is 2. The largest absolute Gasteiger partial charge is 0.420 e. The normalized spacial score (nSPS) is 13.7. The van der Waals surface area contributed by atoms with E-state index in [1.807, 2.05) is 43.3 Å². The summed E-state index contributed by atoms with van der Waals surface area (Å²) in [5.41, 5.74) is 6.13. The van der Waals surface area contributed by atoms with Crippen LogP contribution >= 0.6 is 11.3 Å². The van der Waals surface area contributed by atoms with Crippen molar-refractivity contribution in [2.45, 2.75) is 12.8 Å². The van der Waals surface area contributed by atoms with Gasteiger partial charge in [0.15, 0.2) is 0 Å². The number of benzene rings is 1. The molecule has 0 bridgehead atoms. The van der Waals surface area contributed by atoms with Gasteiger partial charge in [-0.15, -0.1) is 10.2 Å². The highest BCUT2D eigenvalue weighted by Crippen LogP contribution is 2.46. The first kappa shape index (κ1) is 23.3. The molecule has 0 radical (unpaired) electrons. The molecule has 0 spiro atoms. The van der Waals surface area contributed by atoms with Crippen LogP contribution in [0.15, 0.2) is 66.2 Å². The van der Waals surface area contributed by atoms with E-state index in [1.54, 1.807) is 31.7 Å². The fourth-order valence-electron chi connectivity index (χ4n) is 3.97. The van der Waals surface area contributed by atoms with Crippen molar-refractivity contribution in [2.24, 2.45) is 0 Å². The van der Waals surface area contributed by atoms with Crippen LogP contribution in [0.3, 0.4) is 0 Å². The first-order valence-electron chi connectivity index (χ1n) is 11.1. The molecule has 5 rings (SSSR count). The van der Waals surface area contributed by atoms with Gasteiger partial charge in [-0.1, -0.05) is 42.2 Å². The molecule has 2 amide bonds. The molecule has 180 valence electrons. The van der Waals surface area contributed by atoms with Gasteiger partial charge in [0.2, 0.25) is 16.9 Å². The van der Waals surface area contributed by atoms with Crippen LogP contribution in [-0.2, 0) is 4.79 Å². The number of hydrogen-bond donors (Lipinski definition) is 1. The number of ether oxygens (including phenoxy) is 1. The standard InChI is InChI=1S/C26H22N6O3S/c1-14-5-10-18-21(15(2)22(33)30-26-31-27-13-36-26)19-11-12-20(29-24(19)35-23(18)28-14)16-6-8-17(9-7-16)25(34)32(3)4/h5-13,21H,2H2,1,3-4H3,(H,30,31,33). The summed E-state index contributed by atoms with van der Waals surface area (Å²) in [6.07, 6.45) is 0. The molecule has 4 heterocycles. The Morgan fingerprint density at radius 1 is 1.00 bits per heavy atom. The Bertz CT molecular complexity index is 1480. The van der Waals surface area contributed by atoms with Gasteiger partial charge in [0, 0.05) is 53.5 Å². The topological polar surface area (TPSA) is 110 Å². The third-order valence-corrected chi connectivity index (χ3v) is 6.40. The van der Waals surface area contributed by atoms with Crippen LogP contribution in [0.2, 0.25) is 0 Å². The minimum absolute atomic E-state index is 0.0745. The number of nitrogens with one attached hydrogen (secondary N) is 1. The van der Waals surface area contributed by atoms with Crippen molar-refractivity contribution in [1.29, 1.82) is 0 Å². The average molecular weight is 499 g/mol. The third kappa shape index (κ3) is 4.34. The summed E-state index contributed by atoms with van der Waals surface area (Å²) in [6, 6.07) is 14.7. The van der Waals surface area contributed by atoms with E-state index in [-0.39, 0.29) is 11.8 Å². The summed E-state index contributed by atoms with van der Waals surface area (Å²) in [6.45, 7) is 5.96. The minimum Gasteiger partial charge on any atom is -0.420 e. The zero-order chi connectivity index (χ0) is 25.4. The van der Waals surface area contributed by atoms with E-state index >= 15 is 0 Å². The molecular weight excluding hydrogens is 476 g/mol. The van der Waals surface area contributed by atoms with Gasteiger partial charge in [-0.3, -0.25) is 14.9 Å². The number of aromatic nitrogens is 4. The molecule has 36 heavy (non-hydrogen) atoms. The molecule has 1 aliphatic heterocycles. The van der Waals surface area contributed by atoms with E-state index in [4.69, 9.17) is 9.72 Å². The molecule has 10 heteroatoms. The molecule has 4 aromatic rings. The average Bonchev–Trinajstić information content (AvgIpc) is 3.39. The Morgan fingerprint density at radius 2 is 1.69 bits per heavy atom. The second kappa shape index (κ2) is 9.31. The number of amides is 2. The molecule has 9 nitrogen and oxygen atoms in total. The summed E-state index contributed by atoms with van der Waals surface area (Å²) in [5.74, 6) is -0.224. The van der Waals surface area contributed by atoms with Crippen LogP contribution in [0.5, 0.6) is 11.8 Å². The Morgan fingerprint density at radius 3 is 2.36 bits per heavy atom. The van der Waals surface area contributed by atoms with E-state index in [1.165, 1.54) is 16.2 Å². The molecule has 3 aromatic heterocycles. The van der Waals surface area contributed by atoms with Gasteiger partial charge >= 0.3 is 0 Å². The molecule has 1 aromatic carbocycles. The first-order chi connectivity index (χ1) is 17.3. The van der Waals surface area contributed by atoms with Crippen molar-refractivity contribution in [3.63, 3.8) is 0 Å². The lowest BCUT2D eigenvalue weighted by molar-refractivity contribution is -0.113. The maximum absolute atomic E-state index is 13.0. The first-order valence-corrected chi connectivity index (χ1v) is 11.9. The lowest BCUT2D eigenvalue weighted by atomic mass is 9.84. The van der Waals surface area contributed by atoms with Gasteiger partial charge in [0.25, 0.3) is 11.8 Å². The van der Waals surface area contributed by atoms with E-state index in [2.05, 4.69) is 27.1 Å². The maximum Gasteiger partial charge on any atom is 0.253 e. The summed E-state index contributed by atoms with van der Waals surface area (Å²) in [7, 11) is 3.43. The van der Waals surface area contributed by atoms with E-state index in [0.717, 1.165) is 16.8 Å². The van der Waals surface area contributed by atoms with Gasteiger partial charge in [-0.25, -0.2) is 9.97 Å². The Labute approximate surface area is 211 Å². The predicted octanol–water partition coefficient (Wildman–Crippen LogP) is 4.44. The number of carbonyl (C=O) groups excluding carboxylic acids is 2. The molecule has 1 unspecified atom stereocenters. The summed E-state index contributed by atoms with van der Waals surface area (Å²) < 4.78 is 6.10. The molecule has 1 atom stereocenters. The number of anilines is 1. The third-order valence-electron chi connectivity index (χ3n) is 5.79. The van der Waals surface area contributed by atoms with Crippen molar-refractivity contribution in [2.75, 3.05) is 19.4 Å². The number of carbonyl (C=O) groups is 2. The number of fused-ring (bicyclic) bond motifs is 2. The summed E-state index contributed by atoms with van der Waals surface area (Å²) in [5, 5.41) is 10.8. The Balaban J connectivity index is 1.51. The van der Waals surface area contributed by atoms with Gasteiger partial charge in [0.1, 0.15) is 5.51 Å². The smallest absolute Gasteiger partial charge is 0.253 e. The molecule has 1 N–H and O–H groups in total. The highest BCUT2D eigenvalue weighted by atomic mass is 32.1. The van der Waals surface area contributed by atoms with Gasteiger partial charge < -0.3 is 9.64 Å². The van der Waals surface area contributed by atoms with Crippen LogP contribution < -0.4 is 10.1 Å². The van der Waals surface area contributed by atoms with Crippen molar-refractivity contribution in [1.82, 2.24) is 25.1 Å². The van der Waals surface area contributed by atoms with Crippen molar-refractivity contribution < 1.29 is 14.3 Å². The van der Waals surface area contributed by atoms with Crippen LogP contribution in [0.25, 0.3) is 11.3 Å². The summed E-state index contributed by atoms with van der Waals surface area (Å²) in [4.78, 5) is 36.1. The predicted molar refractivity (Wildman–Crippen MR) is 136 cm³/mol. The Hall–Kier alpha value is -4.44. The second-order valence-electron chi connectivity index (χ2n) is 8.47. The van der Waals surface area contributed by atoms with Crippen molar-refractivity contribution in [3.8, 4) is 23.0 Å². The van der Waals surface area contributed by atoms with E-state index in [9.17, 15) is 9.59 Å². The monoisotopic (exact) mass is 498 g/mol. The lowest BCUT2D eigenvalue weighted by Gasteiger charge is -2.28. The van der Waals surface area contributed by atoms with E-state index < -0.39 is 5.92 Å². The number of aryl methyl sites for hydroxylation is 1. The molecule has 1 aliphatic rings. The fraction of sp³-hybridized carbons (Fsp3) is 0.154. The fourth-order valence-corrected chi connectivity index (χ4v) is 4.41. The van der Waals surface area contributed by atoms with Crippen LogP contribution in [0.1, 0.15) is 33.1 Å². The van der Waals surface area contributed by atoms with E-state index in [0.29, 0.717) is 39.3 Å². The van der Waals surface area contributed by atoms with Crippen LogP contribution in [-0.4, -0.2) is 51.0 Å². The molecular formula is C26H22N6O3S. The quantitative estimate of drug-likeness (QED) is 0.405. The molecule has 0 aliphatic carbocycles. The lowest BCUT2D eigenvalue weighted by Crippen LogP contribution is -2.23. The van der Waals surface area contributed by atoms with Gasteiger partial charge in [0.05, 0.1) is 5.69 Å². The highest BCUT2D eigenvalue weighted by molar-refractivity contribution is 7.13.